The predicted molar refractivity (Wildman–Crippen MR) is 63.9 cm³/mol. The highest BCUT2D eigenvalue weighted by Gasteiger charge is 2.46. The number of rotatable bonds is 1. The predicted octanol–water partition coefficient (Wildman–Crippen LogP) is 2.03. The smallest absolute Gasteiger partial charge is 0.335 e. The van der Waals surface area contributed by atoms with Crippen LogP contribution in [0.5, 0.6) is 5.75 Å². The molecule has 1 spiro atoms. The summed E-state index contributed by atoms with van der Waals surface area (Å²) in [6.07, 6.45) is 3.41. The number of hydrogen-bond donors (Lipinski definition) is 2. The van der Waals surface area contributed by atoms with Crippen molar-refractivity contribution in [3.05, 3.63) is 23.8 Å². The van der Waals surface area contributed by atoms with Gasteiger partial charge in [-0.1, -0.05) is 0 Å². The maximum Gasteiger partial charge on any atom is 0.335 e. The van der Waals surface area contributed by atoms with Crippen molar-refractivity contribution in [3.8, 4) is 5.75 Å². The number of carbonyl (C=O) groups excluding carboxylic acids is 1. The number of benzene rings is 1. The zero-order chi connectivity index (χ0) is 12.8. The van der Waals surface area contributed by atoms with E-state index in [-0.39, 0.29) is 11.5 Å². The molecular weight excluding hydrogens is 234 g/mol. The number of carboxylic acid groups (broad SMARTS) is 1. The number of aromatic carboxylic acids is 1. The monoisotopic (exact) mass is 247 g/mol. The first-order valence-corrected chi connectivity index (χ1v) is 5.99. The van der Waals surface area contributed by atoms with Crippen LogP contribution in [0.3, 0.4) is 0 Å². The van der Waals surface area contributed by atoms with Crippen LogP contribution in [0.1, 0.15) is 36.0 Å². The fourth-order valence-corrected chi connectivity index (χ4v) is 2.62. The Kier molecular flexibility index (Phi) is 2.29. The topological polar surface area (TPSA) is 75.6 Å². The van der Waals surface area contributed by atoms with Crippen molar-refractivity contribution >= 4 is 17.6 Å². The van der Waals surface area contributed by atoms with E-state index in [1.807, 2.05) is 0 Å². The summed E-state index contributed by atoms with van der Waals surface area (Å²) in [6.45, 7) is 0. The van der Waals surface area contributed by atoms with Crippen LogP contribution in [0.15, 0.2) is 18.2 Å². The molecule has 0 aromatic heterocycles. The van der Waals surface area contributed by atoms with Gasteiger partial charge >= 0.3 is 5.97 Å². The van der Waals surface area contributed by atoms with Gasteiger partial charge in [0.25, 0.3) is 5.91 Å². The van der Waals surface area contributed by atoms with Crippen molar-refractivity contribution in [1.82, 2.24) is 0 Å². The van der Waals surface area contributed by atoms with Gasteiger partial charge in [0.15, 0.2) is 5.60 Å². The van der Waals surface area contributed by atoms with Crippen molar-refractivity contribution in [1.29, 1.82) is 0 Å². The number of nitrogens with one attached hydrogen (secondary N) is 1. The minimum absolute atomic E-state index is 0.139. The molecule has 1 saturated carbocycles. The summed E-state index contributed by atoms with van der Waals surface area (Å²) in [5, 5.41) is 11.7. The van der Waals surface area contributed by atoms with Gasteiger partial charge < -0.3 is 15.2 Å². The third-order valence-electron chi connectivity index (χ3n) is 3.61. The lowest BCUT2D eigenvalue weighted by atomic mass is 9.98. The van der Waals surface area contributed by atoms with Crippen LogP contribution in [-0.2, 0) is 4.79 Å². The van der Waals surface area contributed by atoms with Gasteiger partial charge in [0.1, 0.15) is 5.75 Å². The second-order valence-corrected chi connectivity index (χ2v) is 4.77. The van der Waals surface area contributed by atoms with Crippen LogP contribution >= 0.6 is 0 Å². The van der Waals surface area contributed by atoms with Gasteiger partial charge in [0.05, 0.1) is 11.3 Å². The fourth-order valence-electron chi connectivity index (χ4n) is 2.62. The average Bonchev–Trinajstić information content (AvgIpc) is 2.79. The van der Waals surface area contributed by atoms with Gasteiger partial charge in [-0.25, -0.2) is 4.79 Å². The van der Waals surface area contributed by atoms with E-state index in [9.17, 15) is 9.59 Å². The van der Waals surface area contributed by atoms with Crippen LogP contribution in [-0.4, -0.2) is 22.6 Å². The van der Waals surface area contributed by atoms with Crippen molar-refractivity contribution in [2.45, 2.75) is 31.3 Å². The molecule has 1 aliphatic carbocycles. The molecule has 1 amide bonds. The summed E-state index contributed by atoms with van der Waals surface area (Å²) < 4.78 is 5.82. The molecule has 5 nitrogen and oxygen atoms in total. The third-order valence-corrected chi connectivity index (χ3v) is 3.61. The van der Waals surface area contributed by atoms with Gasteiger partial charge in [-0.05, 0) is 43.9 Å². The standard InChI is InChI=1S/C13H13NO4/c15-11(16)8-3-4-10-9(7-8)14-12(17)13(18-10)5-1-2-6-13/h3-4,7H,1-2,5-6H2,(H,14,17)(H,15,16). The van der Waals surface area contributed by atoms with Gasteiger partial charge in [-0.15, -0.1) is 0 Å². The largest absolute Gasteiger partial charge is 0.478 e. The number of anilines is 1. The van der Waals surface area contributed by atoms with Crippen molar-refractivity contribution < 1.29 is 19.4 Å². The molecule has 18 heavy (non-hydrogen) atoms. The second kappa shape index (κ2) is 3.73. The normalized spacial score (nSPS) is 20.1. The van der Waals surface area contributed by atoms with Crippen molar-refractivity contribution in [2.75, 3.05) is 5.32 Å². The molecule has 0 saturated heterocycles. The van der Waals surface area contributed by atoms with Gasteiger partial charge in [0, 0.05) is 0 Å². The Labute approximate surface area is 104 Å². The molecule has 5 heteroatoms. The van der Waals surface area contributed by atoms with Crippen LogP contribution < -0.4 is 10.1 Å². The quantitative estimate of drug-likeness (QED) is 0.796. The summed E-state index contributed by atoms with van der Waals surface area (Å²) in [5.74, 6) is -0.621. The number of hydrogen-bond acceptors (Lipinski definition) is 3. The Balaban J connectivity index is 1.99. The number of fused-ring (bicyclic) bond motifs is 1. The summed E-state index contributed by atoms with van der Waals surface area (Å²) in [5.41, 5.74) is -0.157. The Morgan fingerprint density at radius 1 is 1.33 bits per heavy atom. The van der Waals surface area contributed by atoms with E-state index in [1.165, 1.54) is 12.1 Å². The number of amides is 1. The van der Waals surface area contributed by atoms with Crippen LogP contribution in [0.2, 0.25) is 0 Å². The molecule has 0 unspecified atom stereocenters. The number of carboxylic acids is 1. The van der Waals surface area contributed by atoms with E-state index < -0.39 is 11.6 Å². The SMILES string of the molecule is O=C(O)c1ccc2c(c1)NC(=O)C1(CCCC1)O2. The molecule has 1 aromatic carbocycles. The Hall–Kier alpha value is -2.04. The summed E-state index contributed by atoms with van der Waals surface area (Å²) in [6, 6.07) is 4.52. The second-order valence-electron chi connectivity index (χ2n) is 4.77. The molecule has 1 aliphatic heterocycles. The van der Waals surface area contributed by atoms with Crippen LogP contribution in [0, 0.1) is 0 Å². The Morgan fingerprint density at radius 3 is 2.72 bits per heavy atom. The van der Waals surface area contributed by atoms with Crippen LogP contribution in [0.25, 0.3) is 0 Å². The maximum atomic E-state index is 12.1. The lowest BCUT2D eigenvalue weighted by molar-refractivity contribution is -0.131. The van der Waals surface area contributed by atoms with E-state index in [0.717, 1.165) is 25.7 Å². The Morgan fingerprint density at radius 2 is 2.06 bits per heavy atom. The highest BCUT2D eigenvalue weighted by atomic mass is 16.5. The lowest BCUT2D eigenvalue weighted by Crippen LogP contribution is -2.48. The first kappa shape index (κ1) is 11.1. The third kappa shape index (κ3) is 1.54. The minimum atomic E-state index is -1.02. The molecule has 2 aliphatic rings. The molecule has 1 fully saturated rings. The van der Waals surface area contributed by atoms with E-state index >= 15 is 0 Å². The van der Waals surface area contributed by atoms with Crippen molar-refractivity contribution in [2.24, 2.45) is 0 Å². The summed E-state index contributed by atoms with van der Waals surface area (Å²) in [4.78, 5) is 22.9. The Bertz CT molecular complexity index is 532. The average molecular weight is 247 g/mol. The fraction of sp³-hybridized carbons (Fsp3) is 0.385. The van der Waals surface area contributed by atoms with E-state index in [0.29, 0.717) is 11.4 Å². The maximum absolute atomic E-state index is 12.1. The van der Waals surface area contributed by atoms with E-state index in [4.69, 9.17) is 9.84 Å². The zero-order valence-corrected chi connectivity index (χ0v) is 9.73. The molecule has 0 bridgehead atoms. The molecule has 1 aromatic rings. The molecule has 94 valence electrons. The lowest BCUT2D eigenvalue weighted by Gasteiger charge is -2.34. The van der Waals surface area contributed by atoms with Gasteiger partial charge in [-0.2, -0.15) is 0 Å². The van der Waals surface area contributed by atoms with E-state index in [1.54, 1.807) is 6.07 Å². The van der Waals surface area contributed by atoms with Gasteiger partial charge in [0.2, 0.25) is 0 Å². The highest BCUT2D eigenvalue weighted by Crippen LogP contribution is 2.42. The molecular formula is C13H13NO4. The first-order valence-electron chi connectivity index (χ1n) is 5.99. The van der Waals surface area contributed by atoms with E-state index in [2.05, 4.69) is 5.32 Å². The number of carbonyl (C=O) groups is 2. The summed E-state index contributed by atoms with van der Waals surface area (Å²) in [7, 11) is 0. The molecule has 0 radical (unpaired) electrons. The van der Waals surface area contributed by atoms with Crippen LogP contribution in [0.4, 0.5) is 5.69 Å². The highest BCUT2D eigenvalue weighted by molar-refractivity contribution is 6.02. The first-order chi connectivity index (χ1) is 8.61. The minimum Gasteiger partial charge on any atom is -0.478 e. The van der Waals surface area contributed by atoms with Crippen molar-refractivity contribution in [3.63, 3.8) is 0 Å². The molecule has 3 rings (SSSR count). The molecule has 1 heterocycles. The van der Waals surface area contributed by atoms with Gasteiger partial charge in [-0.3, -0.25) is 4.79 Å². The molecule has 2 N–H and O–H groups in total. The number of ether oxygens (including phenoxy) is 1. The zero-order valence-electron chi connectivity index (χ0n) is 9.73. The summed E-state index contributed by atoms with van der Waals surface area (Å²) >= 11 is 0. The molecule has 0 atom stereocenters.